The fourth-order valence-electron chi connectivity index (χ4n) is 0.706. The van der Waals surface area contributed by atoms with E-state index >= 15 is 0 Å². The van der Waals surface area contributed by atoms with Crippen molar-refractivity contribution in [1.29, 1.82) is 0 Å². The Labute approximate surface area is 87.5 Å². The van der Waals surface area contributed by atoms with Crippen molar-refractivity contribution in [2.24, 2.45) is 0 Å². The third-order valence-electron chi connectivity index (χ3n) is 1.34. The lowest BCUT2D eigenvalue weighted by Crippen LogP contribution is -2.30. The van der Waals surface area contributed by atoms with Crippen LogP contribution in [0.15, 0.2) is 0 Å². The molecule has 1 atom stereocenters. The molecule has 0 radical (unpaired) electrons. The number of hydrogen-bond acceptors (Lipinski definition) is 6. The van der Waals surface area contributed by atoms with Crippen LogP contribution in [-0.2, 0) is 28.6 Å². The summed E-state index contributed by atoms with van der Waals surface area (Å²) in [6.07, 6.45) is -1.11. The van der Waals surface area contributed by atoms with Crippen molar-refractivity contribution in [2.45, 2.75) is 26.9 Å². The molecular weight excluding hydrogens is 204 g/mol. The predicted octanol–water partition coefficient (Wildman–Crippen LogP) is 0.0443. The minimum atomic E-state index is -1.20. The van der Waals surface area contributed by atoms with Crippen molar-refractivity contribution in [3.8, 4) is 0 Å². The molecule has 0 saturated carbocycles. The second-order valence-electron chi connectivity index (χ2n) is 2.52. The molecular formula is C9H14O6. The third kappa shape index (κ3) is 4.99. The zero-order chi connectivity index (χ0) is 11.8. The van der Waals surface area contributed by atoms with E-state index in [2.05, 4.69) is 14.2 Å². The summed E-state index contributed by atoms with van der Waals surface area (Å²) in [6.45, 7) is 4.74. The average molecular weight is 218 g/mol. The normalized spacial score (nSPS) is 11.4. The van der Waals surface area contributed by atoms with Crippen molar-refractivity contribution >= 4 is 17.9 Å². The molecule has 0 bridgehead atoms. The van der Waals surface area contributed by atoms with E-state index in [9.17, 15) is 14.4 Å². The number of rotatable bonds is 4. The second kappa shape index (κ2) is 6.80. The van der Waals surface area contributed by atoms with Gasteiger partial charge in [0.05, 0.1) is 13.2 Å². The zero-order valence-corrected chi connectivity index (χ0v) is 8.94. The zero-order valence-electron chi connectivity index (χ0n) is 8.94. The first kappa shape index (κ1) is 13.4. The van der Waals surface area contributed by atoms with Gasteiger partial charge in [0.15, 0.2) is 6.10 Å². The lowest BCUT2D eigenvalue weighted by Gasteiger charge is -2.10. The molecule has 0 aliphatic carbocycles. The van der Waals surface area contributed by atoms with Gasteiger partial charge in [-0.2, -0.15) is 0 Å². The van der Waals surface area contributed by atoms with Gasteiger partial charge in [-0.15, -0.1) is 0 Å². The topological polar surface area (TPSA) is 78.9 Å². The van der Waals surface area contributed by atoms with Crippen LogP contribution in [0.5, 0.6) is 0 Å². The second-order valence-corrected chi connectivity index (χ2v) is 2.52. The number of carbonyl (C=O) groups excluding carboxylic acids is 3. The van der Waals surface area contributed by atoms with Crippen LogP contribution in [0.4, 0.5) is 0 Å². The van der Waals surface area contributed by atoms with Gasteiger partial charge in [0.1, 0.15) is 0 Å². The molecule has 0 aromatic rings. The molecule has 0 aliphatic heterocycles. The summed E-state index contributed by atoms with van der Waals surface area (Å²) >= 11 is 0. The largest absolute Gasteiger partial charge is 0.463 e. The summed E-state index contributed by atoms with van der Waals surface area (Å²) in [6, 6.07) is 0. The van der Waals surface area contributed by atoms with E-state index < -0.39 is 24.0 Å². The molecule has 0 amide bonds. The van der Waals surface area contributed by atoms with Gasteiger partial charge in [0.25, 0.3) is 0 Å². The molecule has 1 unspecified atom stereocenters. The third-order valence-corrected chi connectivity index (χ3v) is 1.34. The Bertz CT molecular complexity index is 247. The molecule has 15 heavy (non-hydrogen) atoms. The van der Waals surface area contributed by atoms with Gasteiger partial charge < -0.3 is 14.2 Å². The van der Waals surface area contributed by atoms with Crippen molar-refractivity contribution in [2.75, 3.05) is 13.2 Å². The molecule has 0 N–H and O–H groups in total. The Hall–Kier alpha value is -1.59. The summed E-state index contributed by atoms with van der Waals surface area (Å²) in [7, 11) is 0. The van der Waals surface area contributed by atoms with Crippen molar-refractivity contribution in [3.05, 3.63) is 0 Å². The molecule has 0 saturated heterocycles. The molecule has 0 rings (SSSR count). The fraction of sp³-hybridized carbons (Fsp3) is 0.667. The smallest absolute Gasteiger partial charge is 0.418 e. The first-order valence-electron chi connectivity index (χ1n) is 4.57. The number of ether oxygens (including phenoxy) is 3. The number of hydrogen-bond donors (Lipinski definition) is 0. The van der Waals surface area contributed by atoms with Crippen molar-refractivity contribution in [1.82, 2.24) is 0 Å². The predicted molar refractivity (Wildman–Crippen MR) is 48.8 cm³/mol. The summed E-state index contributed by atoms with van der Waals surface area (Å²) in [5.41, 5.74) is 0. The van der Waals surface area contributed by atoms with E-state index in [1.807, 2.05) is 0 Å². The molecule has 0 heterocycles. The monoisotopic (exact) mass is 218 g/mol. The van der Waals surface area contributed by atoms with E-state index in [1.54, 1.807) is 13.8 Å². The van der Waals surface area contributed by atoms with E-state index in [0.29, 0.717) is 0 Å². The number of esters is 3. The van der Waals surface area contributed by atoms with Gasteiger partial charge in [0.2, 0.25) is 0 Å². The highest BCUT2D eigenvalue weighted by molar-refractivity contribution is 6.29. The Kier molecular flexibility index (Phi) is 6.08. The molecule has 0 aromatic carbocycles. The van der Waals surface area contributed by atoms with Crippen LogP contribution in [-0.4, -0.2) is 37.2 Å². The average Bonchev–Trinajstić information content (AvgIpc) is 2.18. The van der Waals surface area contributed by atoms with Gasteiger partial charge in [-0.3, -0.25) is 0 Å². The fourth-order valence-corrected chi connectivity index (χ4v) is 0.706. The van der Waals surface area contributed by atoms with E-state index in [-0.39, 0.29) is 13.2 Å². The van der Waals surface area contributed by atoms with Crippen LogP contribution >= 0.6 is 0 Å². The standard InChI is InChI=1S/C9H14O6/c1-4-13-7(10)6(3)15-9(12)8(11)14-5-2/h6H,4-5H2,1-3H3. The lowest BCUT2D eigenvalue weighted by molar-refractivity contribution is -0.176. The highest BCUT2D eigenvalue weighted by Crippen LogP contribution is 1.96. The Morgan fingerprint density at radius 3 is 2.00 bits per heavy atom. The molecule has 0 fully saturated rings. The summed E-state index contributed by atoms with van der Waals surface area (Å²) in [5.74, 6) is -3.01. The molecule has 0 aliphatic rings. The van der Waals surface area contributed by atoms with Crippen LogP contribution < -0.4 is 0 Å². The van der Waals surface area contributed by atoms with Gasteiger partial charge >= 0.3 is 17.9 Å². The first-order valence-corrected chi connectivity index (χ1v) is 4.57. The maximum atomic E-state index is 11.0. The number of carbonyl (C=O) groups is 3. The highest BCUT2D eigenvalue weighted by Gasteiger charge is 2.24. The summed E-state index contributed by atoms with van der Waals surface area (Å²) in [4.78, 5) is 32.8. The van der Waals surface area contributed by atoms with Crippen LogP contribution in [0, 0.1) is 0 Å². The lowest BCUT2D eigenvalue weighted by atomic mass is 10.4. The van der Waals surface area contributed by atoms with Crippen molar-refractivity contribution in [3.63, 3.8) is 0 Å². The van der Waals surface area contributed by atoms with Crippen LogP contribution in [0.2, 0.25) is 0 Å². The minimum absolute atomic E-state index is 0.0712. The quantitative estimate of drug-likeness (QED) is 0.376. The van der Waals surface area contributed by atoms with Crippen LogP contribution in [0.25, 0.3) is 0 Å². The maximum absolute atomic E-state index is 11.0. The first-order chi connectivity index (χ1) is 7.02. The Morgan fingerprint density at radius 1 is 1.00 bits per heavy atom. The summed E-state index contributed by atoms with van der Waals surface area (Å²) in [5, 5.41) is 0. The molecule has 6 heteroatoms. The van der Waals surface area contributed by atoms with E-state index in [1.165, 1.54) is 6.92 Å². The van der Waals surface area contributed by atoms with Gasteiger partial charge in [-0.05, 0) is 20.8 Å². The van der Waals surface area contributed by atoms with Crippen LogP contribution in [0.1, 0.15) is 20.8 Å². The minimum Gasteiger partial charge on any atom is -0.463 e. The Balaban J connectivity index is 4.06. The maximum Gasteiger partial charge on any atom is 0.418 e. The molecule has 0 spiro atoms. The molecule has 86 valence electrons. The summed E-state index contributed by atoms with van der Waals surface area (Å²) < 4.78 is 13.4. The molecule has 6 nitrogen and oxygen atoms in total. The SMILES string of the molecule is CCOC(=O)C(=O)OC(C)C(=O)OCC. The van der Waals surface area contributed by atoms with Gasteiger partial charge in [-0.1, -0.05) is 0 Å². The van der Waals surface area contributed by atoms with Gasteiger partial charge in [-0.25, -0.2) is 14.4 Å². The van der Waals surface area contributed by atoms with Crippen molar-refractivity contribution < 1.29 is 28.6 Å². The van der Waals surface area contributed by atoms with Crippen LogP contribution in [0.3, 0.4) is 0 Å². The van der Waals surface area contributed by atoms with E-state index in [4.69, 9.17) is 0 Å². The van der Waals surface area contributed by atoms with E-state index in [0.717, 1.165) is 0 Å². The molecule has 0 aromatic heterocycles. The highest BCUT2D eigenvalue weighted by atomic mass is 16.6. The van der Waals surface area contributed by atoms with Gasteiger partial charge in [0, 0.05) is 0 Å². The Morgan fingerprint density at radius 2 is 1.53 bits per heavy atom.